The number of rotatable bonds is 4. The van der Waals surface area contributed by atoms with Crippen LogP contribution in [-0.4, -0.2) is 18.9 Å². The Hall–Kier alpha value is -2.08. The molecule has 0 unspecified atom stereocenters. The van der Waals surface area contributed by atoms with E-state index < -0.39 is 11.3 Å². The van der Waals surface area contributed by atoms with Gasteiger partial charge in [0.25, 0.3) is 0 Å². The molecule has 0 radical (unpaired) electrons. The zero-order valence-electron chi connectivity index (χ0n) is 10.0. The molecule has 0 aromatic heterocycles. The summed E-state index contributed by atoms with van der Waals surface area (Å²) in [6.45, 7) is 0. The minimum absolute atomic E-state index is 0.352. The Morgan fingerprint density at radius 3 is 2.50 bits per heavy atom. The summed E-state index contributed by atoms with van der Waals surface area (Å²) < 4.78 is 5.13. The number of hydrazine groups is 1. The molecule has 0 atom stereocenters. The van der Waals surface area contributed by atoms with Gasteiger partial charge in [-0.1, -0.05) is 12.1 Å². The number of methoxy groups -OCH3 is 1. The topological polar surface area (TPSA) is 93.4 Å². The lowest BCUT2D eigenvalue weighted by Crippen LogP contribution is -2.43. The molecule has 18 heavy (non-hydrogen) atoms. The molecule has 6 heteroatoms. The van der Waals surface area contributed by atoms with Gasteiger partial charge in [0.2, 0.25) is 11.8 Å². The van der Waals surface area contributed by atoms with Gasteiger partial charge in [0.05, 0.1) is 12.8 Å². The monoisotopic (exact) mass is 249 g/mol. The average Bonchev–Trinajstić information content (AvgIpc) is 3.20. The van der Waals surface area contributed by atoms with Crippen molar-refractivity contribution in [3.63, 3.8) is 0 Å². The third-order valence-corrected chi connectivity index (χ3v) is 3.11. The quantitative estimate of drug-likeness (QED) is 0.312. The van der Waals surface area contributed by atoms with Crippen LogP contribution in [0.5, 0.6) is 5.75 Å². The van der Waals surface area contributed by atoms with E-state index in [0.717, 1.165) is 0 Å². The van der Waals surface area contributed by atoms with Crippen molar-refractivity contribution >= 4 is 17.5 Å². The highest BCUT2D eigenvalue weighted by Crippen LogP contribution is 2.47. The molecule has 0 heterocycles. The Labute approximate surface area is 104 Å². The Morgan fingerprint density at radius 1 is 1.28 bits per heavy atom. The Morgan fingerprint density at radius 2 is 1.94 bits per heavy atom. The number of carbonyl (C=O) groups is 2. The highest BCUT2D eigenvalue weighted by Gasteiger charge is 2.56. The van der Waals surface area contributed by atoms with E-state index in [4.69, 9.17) is 10.6 Å². The standard InChI is InChI=1S/C12H15N3O3/c1-18-9-5-3-2-4-8(9)14-10(16)12(6-7-12)11(17)15-13/h2-5H,6-7,13H2,1H3,(H,14,16)(H,15,17). The number of anilines is 1. The van der Waals surface area contributed by atoms with Gasteiger partial charge in [-0.15, -0.1) is 0 Å². The molecule has 1 saturated carbocycles. The fourth-order valence-electron chi connectivity index (χ4n) is 1.81. The number of ether oxygens (including phenoxy) is 1. The Kier molecular flexibility index (Phi) is 3.20. The fraction of sp³-hybridized carbons (Fsp3) is 0.333. The van der Waals surface area contributed by atoms with E-state index in [1.54, 1.807) is 24.3 Å². The molecular weight excluding hydrogens is 234 g/mol. The summed E-state index contributed by atoms with van der Waals surface area (Å²) in [5.41, 5.74) is 1.56. The van der Waals surface area contributed by atoms with E-state index >= 15 is 0 Å². The van der Waals surface area contributed by atoms with Crippen LogP contribution in [0.2, 0.25) is 0 Å². The number of nitrogens with two attached hydrogens (primary N) is 1. The van der Waals surface area contributed by atoms with Crippen LogP contribution in [-0.2, 0) is 9.59 Å². The summed E-state index contributed by atoms with van der Waals surface area (Å²) >= 11 is 0. The molecule has 1 aromatic carbocycles. The summed E-state index contributed by atoms with van der Waals surface area (Å²) in [5, 5.41) is 2.70. The zero-order valence-corrected chi connectivity index (χ0v) is 10.0. The lowest BCUT2D eigenvalue weighted by Gasteiger charge is -2.15. The number of amides is 2. The van der Waals surface area contributed by atoms with Gasteiger partial charge in [0, 0.05) is 0 Å². The second-order valence-corrected chi connectivity index (χ2v) is 4.21. The molecule has 96 valence electrons. The molecule has 0 bridgehead atoms. The molecule has 2 amide bonds. The molecule has 0 spiro atoms. The number of benzene rings is 1. The normalized spacial score (nSPS) is 15.7. The molecule has 2 rings (SSSR count). The first-order chi connectivity index (χ1) is 8.64. The first kappa shape index (κ1) is 12.4. The van der Waals surface area contributed by atoms with Gasteiger partial charge in [-0.2, -0.15) is 0 Å². The van der Waals surface area contributed by atoms with Crippen LogP contribution in [0.4, 0.5) is 5.69 Å². The smallest absolute Gasteiger partial charge is 0.249 e. The van der Waals surface area contributed by atoms with E-state index in [1.807, 2.05) is 5.43 Å². The van der Waals surface area contributed by atoms with Crippen molar-refractivity contribution in [2.45, 2.75) is 12.8 Å². The molecule has 0 saturated heterocycles. The van der Waals surface area contributed by atoms with Gasteiger partial charge in [-0.3, -0.25) is 15.0 Å². The molecule has 1 aliphatic rings. The SMILES string of the molecule is COc1ccccc1NC(=O)C1(C(=O)NN)CC1. The van der Waals surface area contributed by atoms with Gasteiger partial charge in [-0.05, 0) is 25.0 Å². The molecule has 1 aromatic rings. The number of hydrogen-bond donors (Lipinski definition) is 3. The van der Waals surface area contributed by atoms with Gasteiger partial charge < -0.3 is 10.1 Å². The van der Waals surface area contributed by atoms with Crippen LogP contribution in [0.1, 0.15) is 12.8 Å². The maximum absolute atomic E-state index is 12.1. The van der Waals surface area contributed by atoms with Crippen molar-refractivity contribution < 1.29 is 14.3 Å². The first-order valence-electron chi connectivity index (χ1n) is 5.59. The van der Waals surface area contributed by atoms with E-state index in [2.05, 4.69) is 5.32 Å². The van der Waals surface area contributed by atoms with Crippen LogP contribution in [0, 0.1) is 5.41 Å². The van der Waals surface area contributed by atoms with Gasteiger partial charge in [0.1, 0.15) is 11.2 Å². The van der Waals surface area contributed by atoms with E-state index in [9.17, 15) is 9.59 Å². The third kappa shape index (κ3) is 2.02. The number of hydrogen-bond acceptors (Lipinski definition) is 4. The number of nitrogens with one attached hydrogen (secondary N) is 2. The van der Waals surface area contributed by atoms with Gasteiger partial charge in [-0.25, -0.2) is 5.84 Å². The largest absolute Gasteiger partial charge is 0.495 e. The summed E-state index contributed by atoms with van der Waals surface area (Å²) in [5.74, 6) is 4.83. The number of carbonyl (C=O) groups excluding carboxylic acids is 2. The van der Waals surface area contributed by atoms with Crippen LogP contribution in [0.3, 0.4) is 0 Å². The third-order valence-electron chi connectivity index (χ3n) is 3.11. The fourth-order valence-corrected chi connectivity index (χ4v) is 1.81. The highest BCUT2D eigenvalue weighted by molar-refractivity contribution is 6.13. The summed E-state index contributed by atoms with van der Waals surface area (Å²) in [4.78, 5) is 23.6. The average molecular weight is 249 g/mol. The summed E-state index contributed by atoms with van der Waals surface area (Å²) in [7, 11) is 1.52. The van der Waals surface area contributed by atoms with Crippen LogP contribution in [0.25, 0.3) is 0 Å². The van der Waals surface area contributed by atoms with Crippen molar-refractivity contribution in [2.24, 2.45) is 11.3 Å². The molecule has 1 aliphatic carbocycles. The molecule has 4 N–H and O–H groups in total. The minimum atomic E-state index is -1.02. The predicted molar refractivity (Wildman–Crippen MR) is 65.6 cm³/mol. The Bertz CT molecular complexity index is 483. The van der Waals surface area contributed by atoms with E-state index in [0.29, 0.717) is 24.3 Å². The first-order valence-corrected chi connectivity index (χ1v) is 5.59. The van der Waals surface area contributed by atoms with Crippen molar-refractivity contribution in [3.05, 3.63) is 24.3 Å². The van der Waals surface area contributed by atoms with Crippen molar-refractivity contribution in [1.82, 2.24) is 5.43 Å². The summed E-state index contributed by atoms with van der Waals surface area (Å²) in [6, 6.07) is 7.03. The minimum Gasteiger partial charge on any atom is -0.495 e. The van der Waals surface area contributed by atoms with E-state index in [-0.39, 0.29) is 5.91 Å². The summed E-state index contributed by atoms with van der Waals surface area (Å²) in [6.07, 6.45) is 1.02. The van der Waals surface area contributed by atoms with Crippen molar-refractivity contribution in [2.75, 3.05) is 12.4 Å². The van der Waals surface area contributed by atoms with Crippen LogP contribution < -0.4 is 21.3 Å². The Balaban J connectivity index is 2.15. The highest BCUT2D eigenvalue weighted by atomic mass is 16.5. The van der Waals surface area contributed by atoms with Crippen LogP contribution in [0.15, 0.2) is 24.3 Å². The van der Waals surface area contributed by atoms with Crippen molar-refractivity contribution in [3.8, 4) is 5.75 Å². The molecule has 1 fully saturated rings. The lowest BCUT2D eigenvalue weighted by molar-refractivity contribution is -0.134. The number of para-hydroxylation sites is 2. The van der Waals surface area contributed by atoms with Gasteiger partial charge in [0.15, 0.2) is 0 Å². The second kappa shape index (κ2) is 4.66. The molecule has 6 nitrogen and oxygen atoms in total. The lowest BCUT2D eigenvalue weighted by atomic mass is 10.1. The zero-order chi connectivity index (χ0) is 13.2. The van der Waals surface area contributed by atoms with Crippen LogP contribution >= 0.6 is 0 Å². The molecular formula is C12H15N3O3. The van der Waals surface area contributed by atoms with E-state index in [1.165, 1.54) is 7.11 Å². The second-order valence-electron chi connectivity index (χ2n) is 4.21. The maximum atomic E-state index is 12.1. The maximum Gasteiger partial charge on any atom is 0.249 e. The van der Waals surface area contributed by atoms with Crippen molar-refractivity contribution in [1.29, 1.82) is 0 Å². The van der Waals surface area contributed by atoms with Gasteiger partial charge >= 0.3 is 0 Å². The predicted octanol–water partition coefficient (Wildman–Crippen LogP) is 0.404. The molecule has 0 aliphatic heterocycles.